The Balaban J connectivity index is 2.26. The Morgan fingerprint density at radius 1 is 0.525 bits per heavy atom. The van der Waals surface area contributed by atoms with Gasteiger partial charge in [-0.05, 0) is 80.3 Å². The van der Waals surface area contributed by atoms with Crippen LogP contribution in [0.2, 0.25) is 0 Å². The van der Waals surface area contributed by atoms with E-state index in [0.717, 1.165) is 50.3 Å². The molecule has 0 unspecified atom stereocenters. The van der Waals surface area contributed by atoms with Gasteiger partial charge in [0.05, 0.1) is 52.8 Å². The second-order valence-corrected chi connectivity index (χ2v) is 9.29. The summed E-state index contributed by atoms with van der Waals surface area (Å²) in [6, 6.07) is 20.1. The van der Waals surface area contributed by atoms with Crippen LogP contribution >= 0.6 is 0 Å². The lowest BCUT2D eigenvalue weighted by atomic mass is 9.86. The Morgan fingerprint density at radius 3 is 1.77 bits per heavy atom. The van der Waals surface area contributed by atoms with Crippen LogP contribution in [0.3, 0.4) is 0 Å². The Labute approximate surface area is 237 Å². The molecule has 4 aromatic rings. The van der Waals surface area contributed by atoms with Gasteiger partial charge >= 0.3 is 0 Å². The van der Waals surface area contributed by atoms with Gasteiger partial charge in [-0.1, -0.05) is 35.9 Å². The van der Waals surface area contributed by atoms with Crippen LogP contribution in [0.1, 0.15) is 25.0 Å². The van der Waals surface area contributed by atoms with Crippen molar-refractivity contribution in [1.82, 2.24) is 0 Å². The molecule has 0 spiro atoms. The molecule has 210 valence electrons. The van der Waals surface area contributed by atoms with Crippen LogP contribution in [0.5, 0.6) is 34.5 Å². The fraction of sp³-hybridized carbons (Fsp3) is 0.294. The summed E-state index contributed by atoms with van der Waals surface area (Å²) in [5.74, 6) is 4.00. The first-order valence-electron chi connectivity index (χ1n) is 13.4. The average Bonchev–Trinajstić information content (AvgIpc) is 2.98. The van der Waals surface area contributed by atoms with Gasteiger partial charge in [0.15, 0.2) is 11.5 Å². The van der Waals surface area contributed by atoms with Gasteiger partial charge in [-0.15, -0.1) is 0 Å². The highest BCUT2D eigenvalue weighted by Crippen LogP contribution is 2.55. The molecule has 0 aromatic heterocycles. The normalized spacial score (nSPS) is 10.7. The van der Waals surface area contributed by atoms with Gasteiger partial charge in [-0.25, -0.2) is 0 Å². The Morgan fingerprint density at radius 2 is 1.18 bits per heavy atom. The number of rotatable bonds is 11. The molecular formula is C34H38O6. The van der Waals surface area contributed by atoms with Crippen molar-refractivity contribution in [3.8, 4) is 67.9 Å². The third kappa shape index (κ3) is 5.39. The number of benzene rings is 4. The van der Waals surface area contributed by atoms with E-state index in [1.54, 1.807) is 28.4 Å². The number of aryl methyl sites for hydroxylation is 2. The van der Waals surface area contributed by atoms with Gasteiger partial charge < -0.3 is 28.4 Å². The van der Waals surface area contributed by atoms with Crippen molar-refractivity contribution in [3.05, 3.63) is 71.8 Å². The minimum absolute atomic E-state index is 0.448. The Bertz CT molecular complexity index is 1470. The van der Waals surface area contributed by atoms with E-state index in [1.807, 2.05) is 50.2 Å². The minimum Gasteiger partial charge on any atom is -0.496 e. The summed E-state index contributed by atoms with van der Waals surface area (Å²) >= 11 is 0. The molecular weight excluding hydrogens is 504 g/mol. The number of ether oxygens (including phenoxy) is 6. The van der Waals surface area contributed by atoms with E-state index in [1.165, 1.54) is 0 Å². The average molecular weight is 543 g/mol. The first-order chi connectivity index (χ1) is 19.4. The largest absolute Gasteiger partial charge is 0.496 e. The molecule has 0 N–H and O–H groups in total. The summed E-state index contributed by atoms with van der Waals surface area (Å²) in [5, 5.41) is 0. The standard InChI is InChI=1S/C34H38O6/c1-9-39-30-20-25(23-16-17-26(35-5)29(19-23)38-8)32(33-27(36-6)12-11-13-28(33)37-7)34(40-10-2)31(30)24-18-21(3)14-15-22(24)4/h11-20H,9-10H2,1-8H3. The summed E-state index contributed by atoms with van der Waals surface area (Å²) in [5.41, 5.74) is 7.59. The molecule has 0 bridgehead atoms. The predicted molar refractivity (Wildman–Crippen MR) is 161 cm³/mol. The molecule has 0 saturated heterocycles. The van der Waals surface area contributed by atoms with Crippen LogP contribution in [0, 0.1) is 13.8 Å². The number of hydrogen-bond acceptors (Lipinski definition) is 6. The zero-order chi connectivity index (χ0) is 28.8. The summed E-state index contributed by atoms with van der Waals surface area (Å²) in [7, 11) is 6.58. The van der Waals surface area contributed by atoms with E-state index in [0.29, 0.717) is 42.0 Å². The quantitative estimate of drug-likeness (QED) is 0.191. The second-order valence-electron chi connectivity index (χ2n) is 9.29. The van der Waals surface area contributed by atoms with Gasteiger partial charge in [-0.2, -0.15) is 0 Å². The van der Waals surface area contributed by atoms with Crippen molar-refractivity contribution in [1.29, 1.82) is 0 Å². The summed E-state index contributed by atoms with van der Waals surface area (Å²) in [4.78, 5) is 0. The smallest absolute Gasteiger partial charge is 0.161 e. The molecule has 0 heterocycles. The van der Waals surface area contributed by atoms with E-state index in [9.17, 15) is 0 Å². The fourth-order valence-electron chi connectivity index (χ4n) is 5.03. The van der Waals surface area contributed by atoms with Gasteiger partial charge in [-0.3, -0.25) is 0 Å². The monoisotopic (exact) mass is 542 g/mol. The zero-order valence-corrected chi connectivity index (χ0v) is 24.6. The summed E-state index contributed by atoms with van der Waals surface area (Å²) < 4.78 is 35.9. The van der Waals surface area contributed by atoms with Crippen LogP contribution in [0.15, 0.2) is 60.7 Å². The van der Waals surface area contributed by atoms with E-state index in [4.69, 9.17) is 28.4 Å². The first kappa shape index (κ1) is 28.7. The first-order valence-corrected chi connectivity index (χ1v) is 13.4. The molecule has 6 nitrogen and oxygen atoms in total. The highest BCUT2D eigenvalue weighted by molar-refractivity contribution is 6.00. The molecule has 0 saturated carbocycles. The third-order valence-electron chi connectivity index (χ3n) is 6.87. The van der Waals surface area contributed by atoms with Crippen LogP contribution in [-0.2, 0) is 0 Å². The lowest BCUT2D eigenvalue weighted by molar-refractivity contribution is 0.326. The molecule has 4 rings (SSSR count). The van der Waals surface area contributed by atoms with Crippen molar-refractivity contribution >= 4 is 0 Å². The molecule has 40 heavy (non-hydrogen) atoms. The molecule has 0 fully saturated rings. The highest BCUT2D eigenvalue weighted by Gasteiger charge is 2.29. The van der Waals surface area contributed by atoms with E-state index in [2.05, 4.69) is 38.1 Å². The van der Waals surface area contributed by atoms with Gasteiger partial charge in [0.25, 0.3) is 0 Å². The van der Waals surface area contributed by atoms with Gasteiger partial charge in [0, 0.05) is 5.56 Å². The minimum atomic E-state index is 0.448. The molecule has 0 aliphatic rings. The maximum Gasteiger partial charge on any atom is 0.161 e. The highest BCUT2D eigenvalue weighted by atomic mass is 16.5. The van der Waals surface area contributed by atoms with Crippen molar-refractivity contribution in [2.24, 2.45) is 0 Å². The molecule has 0 amide bonds. The SMILES string of the molecule is CCOc1cc(-c2ccc(OC)c(OC)c2)c(-c2c(OC)cccc2OC)c(OCC)c1-c1cc(C)ccc1C. The van der Waals surface area contributed by atoms with E-state index in [-0.39, 0.29) is 0 Å². The Hall–Kier alpha value is -4.32. The molecule has 4 aromatic carbocycles. The van der Waals surface area contributed by atoms with Crippen molar-refractivity contribution in [2.45, 2.75) is 27.7 Å². The third-order valence-corrected chi connectivity index (χ3v) is 6.87. The lowest BCUT2D eigenvalue weighted by Gasteiger charge is -2.25. The summed E-state index contributed by atoms with van der Waals surface area (Å²) in [6.45, 7) is 9.10. The van der Waals surface area contributed by atoms with Crippen LogP contribution < -0.4 is 28.4 Å². The Kier molecular flexibility index (Phi) is 9.10. The zero-order valence-electron chi connectivity index (χ0n) is 24.6. The van der Waals surface area contributed by atoms with Crippen LogP contribution in [0.4, 0.5) is 0 Å². The lowest BCUT2D eigenvalue weighted by Crippen LogP contribution is -2.05. The number of methoxy groups -OCH3 is 4. The second kappa shape index (κ2) is 12.7. The molecule has 0 aliphatic heterocycles. The predicted octanol–water partition coefficient (Wildman–Crippen LogP) is 8.14. The number of hydrogen-bond donors (Lipinski definition) is 0. The van der Waals surface area contributed by atoms with Gasteiger partial charge in [0.1, 0.15) is 23.0 Å². The molecule has 0 atom stereocenters. The van der Waals surface area contributed by atoms with Crippen molar-refractivity contribution in [3.63, 3.8) is 0 Å². The molecule has 6 heteroatoms. The molecule has 0 aliphatic carbocycles. The molecule has 0 radical (unpaired) electrons. The van der Waals surface area contributed by atoms with Crippen molar-refractivity contribution < 1.29 is 28.4 Å². The maximum absolute atomic E-state index is 6.57. The van der Waals surface area contributed by atoms with E-state index >= 15 is 0 Å². The van der Waals surface area contributed by atoms with Crippen LogP contribution in [0.25, 0.3) is 33.4 Å². The van der Waals surface area contributed by atoms with Crippen molar-refractivity contribution in [2.75, 3.05) is 41.7 Å². The van der Waals surface area contributed by atoms with Gasteiger partial charge in [0.2, 0.25) is 0 Å². The van der Waals surface area contributed by atoms with E-state index < -0.39 is 0 Å². The fourth-order valence-corrected chi connectivity index (χ4v) is 5.03. The summed E-state index contributed by atoms with van der Waals surface area (Å²) in [6.07, 6.45) is 0. The maximum atomic E-state index is 6.57. The topological polar surface area (TPSA) is 55.4 Å². The van der Waals surface area contributed by atoms with Crippen LogP contribution in [-0.4, -0.2) is 41.7 Å².